The van der Waals surface area contributed by atoms with E-state index in [1.54, 1.807) is 0 Å². The molecule has 7 aromatic carbocycles. The van der Waals surface area contributed by atoms with Crippen LogP contribution >= 0.6 is 11.3 Å². The van der Waals surface area contributed by atoms with Crippen LogP contribution in [-0.4, -0.2) is 15.0 Å². The Morgan fingerprint density at radius 1 is 0.306 bits per heavy atom. The van der Waals surface area contributed by atoms with Gasteiger partial charge in [-0.05, 0) is 58.1 Å². The van der Waals surface area contributed by atoms with Crippen molar-refractivity contribution in [1.29, 1.82) is 0 Å². The maximum atomic E-state index is 5.22. The van der Waals surface area contributed by atoms with Gasteiger partial charge in [-0.2, -0.15) is 0 Å². The molecule has 0 atom stereocenters. The van der Waals surface area contributed by atoms with Gasteiger partial charge in [-0.3, -0.25) is 0 Å². The van der Waals surface area contributed by atoms with Crippen LogP contribution in [0.4, 0.5) is 0 Å². The van der Waals surface area contributed by atoms with E-state index in [-0.39, 0.29) is 0 Å². The topological polar surface area (TPSA) is 38.7 Å². The van der Waals surface area contributed by atoms with Crippen molar-refractivity contribution in [3.05, 3.63) is 176 Å². The monoisotopic (exact) mass is 643 g/mol. The van der Waals surface area contributed by atoms with Gasteiger partial charge in [0.25, 0.3) is 0 Å². The summed E-state index contributed by atoms with van der Waals surface area (Å²) in [4.78, 5) is 15.4. The van der Waals surface area contributed by atoms with Crippen LogP contribution in [0.25, 0.3) is 87.7 Å². The van der Waals surface area contributed by atoms with E-state index in [9.17, 15) is 0 Å². The second-order valence-corrected chi connectivity index (χ2v) is 13.1. The van der Waals surface area contributed by atoms with Crippen LogP contribution < -0.4 is 0 Å². The molecule has 0 N–H and O–H groups in total. The average molecular weight is 644 g/mol. The van der Waals surface area contributed by atoms with Gasteiger partial charge in [-0.1, -0.05) is 146 Å². The minimum Gasteiger partial charge on any atom is -0.208 e. The van der Waals surface area contributed by atoms with Crippen molar-refractivity contribution in [2.45, 2.75) is 0 Å². The van der Waals surface area contributed by atoms with Crippen LogP contribution in [0.2, 0.25) is 0 Å². The van der Waals surface area contributed by atoms with E-state index >= 15 is 0 Å². The van der Waals surface area contributed by atoms with Gasteiger partial charge in [0, 0.05) is 42.4 Å². The molecule has 2 heterocycles. The summed E-state index contributed by atoms with van der Waals surface area (Å²) in [5.41, 5.74) is 9.54. The second kappa shape index (κ2) is 12.4. The average Bonchev–Trinajstić information content (AvgIpc) is 3.56. The minimum absolute atomic E-state index is 0.632. The zero-order valence-electron chi connectivity index (χ0n) is 26.5. The third kappa shape index (κ3) is 5.48. The molecule has 0 bridgehead atoms. The lowest BCUT2D eigenvalue weighted by atomic mass is 9.86. The highest BCUT2D eigenvalue weighted by atomic mass is 32.1. The Morgan fingerprint density at radius 3 is 1.43 bits per heavy atom. The molecule has 0 fully saturated rings. The molecule has 0 aliphatic heterocycles. The zero-order valence-corrected chi connectivity index (χ0v) is 27.3. The van der Waals surface area contributed by atoms with Crippen LogP contribution in [0.3, 0.4) is 0 Å². The molecule has 2 aromatic heterocycles. The summed E-state index contributed by atoms with van der Waals surface area (Å²) >= 11 is 1.84. The Balaban J connectivity index is 1.38. The van der Waals surface area contributed by atoms with Crippen molar-refractivity contribution < 1.29 is 0 Å². The zero-order chi connectivity index (χ0) is 32.6. The third-order valence-corrected chi connectivity index (χ3v) is 10.1. The standard InChI is InChI=1S/C45H29N3S/c1-5-15-30(16-6-1)35-28-37(34-25-26-41-38(27-34)36-23-13-14-24-40(36)49-41)42(31-17-7-2-8-18-31)39(29-35)45-47-43(32-19-9-3-10-20-32)46-44(48-45)33-21-11-4-12-22-33/h1-29H. The fourth-order valence-corrected chi connectivity index (χ4v) is 7.67. The third-order valence-electron chi connectivity index (χ3n) is 8.94. The Morgan fingerprint density at radius 2 is 0.796 bits per heavy atom. The molecule has 3 nitrogen and oxygen atoms in total. The van der Waals surface area contributed by atoms with E-state index in [1.807, 2.05) is 47.7 Å². The van der Waals surface area contributed by atoms with Gasteiger partial charge in [0.2, 0.25) is 0 Å². The summed E-state index contributed by atoms with van der Waals surface area (Å²) in [6.45, 7) is 0. The maximum absolute atomic E-state index is 5.22. The summed E-state index contributed by atoms with van der Waals surface area (Å²) in [7, 11) is 0. The summed E-state index contributed by atoms with van der Waals surface area (Å²) < 4.78 is 2.58. The van der Waals surface area contributed by atoms with Gasteiger partial charge in [-0.25, -0.2) is 15.0 Å². The molecular weight excluding hydrogens is 615 g/mol. The first-order valence-electron chi connectivity index (χ1n) is 16.4. The highest BCUT2D eigenvalue weighted by Crippen LogP contribution is 2.45. The molecule has 0 unspecified atom stereocenters. The highest BCUT2D eigenvalue weighted by molar-refractivity contribution is 7.25. The Bertz CT molecular complexity index is 2520. The molecule has 0 aliphatic carbocycles. The predicted octanol–water partition coefficient (Wildman–Crippen LogP) is 12.2. The molecular formula is C45H29N3S. The maximum Gasteiger partial charge on any atom is 0.164 e. The number of hydrogen-bond donors (Lipinski definition) is 0. The van der Waals surface area contributed by atoms with Crippen molar-refractivity contribution in [2.24, 2.45) is 0 Å². The SMILES string of the molecule is c1ccc(-c2cc(-c3ccc4sc5ccccc5c4c3)c(-c3ccccc3)c(-c3nc(-c4ccccc4)nc(-c4ccccc4)n3)c2)cc1. The lowest BCUT2D eigenvalue weighted by Crippen LogP contribution is -2.02. The molecule has 230 valence electrons. The Kier molecular flexibility index (Phi) is 7.34. The lowest BCUT2D eigenvalue weighted by molar-refractivity contribution is 1.07. The van der Waals surface area contributed by atoms with Crippen LogP contribution in [-0.2, 0) is 0 Å². The first-order chi connectivity index (χ1) is 24.3. The van der Waals surface area contributed by atoms with Gasteiger partial charge >= 0.3 is 0 Å². The number of rotatable bonds is 6. The summed E-state index contributed by atoms with van der Waals surface area (Å²) in [5.74, 6) is 1.91. The van der Waals surface area contributed by atoms with E-state index in [1.165, 1.54) is 20.2 Å². The van der Waals surface area contributed by atoms with E-state index in [4.69, 9.17) is 15.0 Å². The van der Waals surface area contributed by atoms with Crippen LogP contribution in [0, 0.1) is 0 Å². The number of aromatic nitrogens is 3. The number of benzene rings is 7. The molecule has 9 aromatic rings. The van der Waals surface area contributed by atoms with Crippen molar-refractivity contribution in [3.63, 3.8) is 0 Å². The molecule has 4 heteroatoms. The van der Waals surface area contributed by atoms with Gasteiger partial charge in [0.05, 0.1) is 0 Å². The van der Waals surface area contributed by atoms with Gasteiger partial charge in [-0.15, -0.1) is 11.3 Å². The largest absolute Gasteiger partial charge is 0.208 e. The van der Waals surface area contributed by atoms with Crippen LogP contribution in [0.15, 0.2) is 176 Å². The minimum atomic E-state index is 0.632. The number of nitrogens with zero attached hydrogens (tertiary/aromatic N) is 3. The number of fused-ring (bicyclic) bond motifs is 3. The highest BCUT2D eigenvalue weighted by Gasteiger charge is 2.21. The van der Waals surface area contributed by atoms with Crippen LogP contribution in [0.1, 0.15) is 0 Å². The molecule has 0 radical (unpaired) electrons. The molecule has 9 rings (SSSR count). The van der Waals surface area contributed by atoms with Crippen molar-refractivity contribution in [2.75, 3.05) is 0 Å². The summed E-state index contributed by atoms with van der Waals surface area (Å²) in [5, 5.41) is 2.55. The first-order valence-corrected chi connectivity index (χ1v) is 17.2. The molecule has 0 saturated heterocycles. The fourth-order valence-electron chi connectivity index (χ4n) is 6.58. The van der Waals surface area contributed by atoms with Crippen LogP contribution in [0.5, 0.6) is 0 Å². The predicted molar refractivity (Wildman–Crippen MR) is 205 cm³/mol. The van der Waals surface area contributed by atoms with E-state index in [0.717, 1.165) is 50.1 Å². The quantitative estimate of drug-likeness (QED) is 0.181. The lowest BCUT2D eigenvalue weighted by Gasteiger charge is -2.19. The smallest absolute Gasteiger partial charge is 0.164 e. The second-order valence-electron chi connectivity index (χ2n) is 12.0. The van der Waals surface area contributed by atoms with E-state index in [0.29, 0.717) is 17.5 Å². The Hall–Kier alpha value is -6.23. The molecule has 0 aliphatic rings. The van der Waals surface area contributed by atoms with Crippen molar-refractivity contribution >= 4 is 31.5 Å². The summed E-state index contributed by atoms with van der Waals surface area (Å²) in [6, 6.07) is 61.7. The van der Waals surface area contributed by atoms with E-state index in [2.05, 4.69) is 140 Å². The molecule has 0 saturated carbocycles. The molecule has 0 spiro atoms. The molecule has 49 heavy (non-hydrogen) atoms. The van der Waals surface area contributed by atoms with Gasteiger partial charge in [0.1, 0.15) is 0 Å². The molecule has 0 amide bonds. The van der Waals surface area contributed by atoms with Gasteiger partial charge in [0.15, 0.2) is 17.5 Å². The van der Waals surface area contributed by atoms with Crippen molar-refractivity contribution in [3.8, 4) is 67.5 Å². The van der Waals surface area contributed by atoms with E-state index < -0.39 is 0 Å². The van der Waals surface area contributed by atoms with Crippen molar-refractivity contribution in [1.82, 2.24) is 15.0 Å². The van der Waals surface area contributed by atoms with Gasteiger partial charge < -0.3 is 0 Å². The first kappa shape index (κ1) is 29.0. The fraction of sp³-hybridized carbons (Fsp3) is 0. The number of thiophene rings is 1. The Labute approximate surface area is 288 Å². The number of hydrogen-bond acceptors (Lipinski definition) is 4. The summed E-state index contributed by atoms with van der Waals surface area (Å²) in [6.07, 6.45) is 0. The normalized spacial score (nSPS) is 11.3.